The van der Waals surface area contributed by atoms with Crippen LogP contribution in [0.15, 0.2) is 35.2 Å². The van der Waals surface area contributed by atoms with Gasteiger partial charge in [-0.1, -0.05) is 18.2 Å². The maximum absolute atomic E-state index is 5.97. The summed E-state index contributed by atoms with van der Waals surface area (Å²) < 4.78 is 0. The lowest BCUT2D eigenvalue weighted by molar-refractivity contribution is 0.732. The Morgan fingerprint density at radius 1 is 1.29 bits per heavy atom. The van der Waals surface area contributed by atoms with Gasteiger partial charge in [0.1, 0.15) is 0 Å². The van der Waals surface area contributed by atoms with Crippen LogP contribution in [0.4, 0.5) is 0 Å². The Hall–Kier alpha value is -0.120. The minimum atomic E-state index is 0.327. The van der Waals surface area contributed by atoms with Gasteiger partial charge in [-0.3, -0.25) is 0 Å². The predicted molar refractivity (Wildman–Crippen MR) is 68.1 cm³/mol. The molecule has 0 aliphatic rings. The van der Waals surface area contributed by atoms with Gasteiger partial charge in [0.05, 0.1) is 0 Å². The highest BCUT2D eigenvalue weighted by atomic mass is 32.2. The van der Waals surface area contributed by atoms with E-state index in [-0.39, 0.29) is 0 Å². The quantitative estimate of drug-likeness (QED) is 0.757. The summed E-state index contributed by atoms with van der Waals surface area (Å²) in [5, 5.41) is 0. The average Bonchev–Trinajstić information content (AvgIpc) is 2.25. The van der Waals surface area contributed by atoms with Gasteiger partial charge in [-0.2, -0.15) is 11.8 Å². The van der Waals surface area contributed by atoms with Crippen molar-refractivity contribution >= 4 is 23.5 Å². The molecular formula is C11H17NS2. The average molecular weight is 227 g/mol. The van der Waals surface area contributed by atoms with Crippen molar-refractivity contribution in [3.05, 3.63) is 30.3 Å². The Labute approximate surface area is 94.8 Å². The summed E-state index contributed by atoms with van der Waals surface area (Å²) in [6.07, 6.45) is 3.23. The molecule has 0 saturated carbocycles. The van der Waals surface area contributed by atoms with E-state index in [4.69, 9.17) is 5.73 Å². The molecule has 3 heteroatoms. The van der Waals surface area contributed by atoms with Crippen LogP contribution in [-0.4, -0.2) is 23.8 Å². The first kappa shape index (κ1) is 12.0. The van der Waals surface area contributed by atoms with Gasteiger partial charge in [0, 0.05) is 16.7 Å². The van der Waals surface area contributed by atoms with E-state index >= 15 is 0 Å². The number of nitrogens with two attached hydrogens (primary N) is 1. The Kier molecular flexibility index (Phi) is 6.15. The van der Waals surface area contributed by atoms with E-state index in [1.165, 1.54) is 4.90 Å². The number of thioether (sulfide) groups is 2. The van der Waals surface area contributed by atoms with Crippen LogP contribution in [0.5, 0.6) is 0 Å². The van der Waals surface area contributed by atoms with Crippen LogP contribution >= 0.6 is 23.5 Å². The third-order valence-electron chi connectivity index (χ3n) is 1.90. The molecule has 2 N–H and O–H groups in total. The highest BCUT2D eigenvalue weighted by molar-refractivity contribution is 7.99. The Balaban J connectivity index is 2.20. The van der Waals surface area contributed by atoms with E-state index in [1.807, 2.05) is 29.6 Å². The molecule has 14 heavy (non-hydrogen) atoms. The van der Waals surface area contributed by atoms with E-state index in [0.29, 0.717) is 6.04 Å². The lowest BCUT2D eigenvalue weighted by Gasteiger charge is -2.09. The van der Waals surface area contributed by atoms with Crippen molar-refractivity contribution in [2.75, 3.05) is 17.8 Å². The molecule has 0 bridgehead atoms. The Morgan fingerprint density at radius 3 is 2.64 bits per heavy atom. The summed E-state index contributed by atoms with van der Waals surface area (Å²) in [4.78, 5) is 1.31. The standard InChI is InChI=1S/C11H17NS2/c1-13-8-7-10(12)9-14-11-5-3-2-4-6-11/h2-6,10H,7-9,12H2,1H3/t10-/m0/s1. The summed E-state index contributed by atoms with van der Waals surface area (Å²) in [5.41, 5.74) is 5.97. The Morgan fingerprint density at radius 2 is 2.00 bits per heavy atom. The molecule has 0 aliphatic carbocycles. The first-order valence-electron chi connectivity index (χ1n) is 4.75. The highest BCUT2D eigenvalue weighted by Crippen LogP contribution is 2.18. The number of hydrogen-bond donors (Lipinski definition) is 1. The zero-order valence-corrected chi connectivity index (χ0v) is 10.1. The fraction of sp³-hybridized carbons (Fsp3) is 0.455. The van der Waals surface area contributed by atoms with Crippen LogP contribution in [0.2, 0.25) is 0 Å². The molecule has 1 rings (SSSR count). The second kappa shape index (κ2) is 7.21. The second-order valence-corrected chi connectivity index (χ2v) is 5.24. The third-order valence-corrected chi connectivity index (χ3v) is 3.74. The summed E-state index contributed by atoms with van der Waals surface area (Å²) >= 11 is 3.71. The van der Waals surface area contributed by atoms with Gasteiger partial charge in [-0.05, 0) is 30.6 Å². The molecular weight excluding hydrogens is 210 g/mol. The first-order valence-corrected chi connectivity index (χ1v) is 7.13. The van der Waals surface area contributed by atoms with Crippen LogP contribution in [0.25, 0.3) is 0 Å². The fourth-order valence-electron chi connectivity index (χ4n) is 1.07. The highest BCUT2D eigenvalue weighted by Gasteiger charge is 2.02. The van der Waals surface area contributed by atoms with Gasteiger partial charge in [-0.25, -0.2) is 0 Å². The number of hydrogen-bond acceptors (Lipinski definition) is 3. The molecule has 0 aliphatic heterocycles. The van der Waals surface area contributed by atoms with Crippen molar-refractivity contribution < 1.29 is 0 Å². The lowest BCUT2D eigenvalue weighted by Crippen LogP contribution is -2.23. The van der Waals surface area contributed by atoms with Gasteiger partial charge in [0.2, 0.25) is 0 Å². The van der Waals surface area contributed by atoms with Crippen LogP contribution in [0, 0.1) is 0 Å². The smallest absolute Gasteiger partial charge is 0.0141 e. The van der Waals surface area contributed by atoms with Crippen molar-refractivity contribution in [2.45, 2.75) is 17.4 Å². The molecule has 1 aromatic carbocycles. The maximum Gasteiger partial charge on any atom is 0.0141 e. The van der Waals surface area contributed by atoms with Crippen LogP contribution in [-0.2, 0) is 0 Å². The van der Waals surface area contributed by atoms with E-state index in [9.17, 15) is 0 Å². The molecule has 0 spiro atoms. The third kappa shape index (κ3) is 4.94. The normalized spacial score (nSPS) is 12.7. The molecule has 0 heterocycles. The summed E-state index contributed by atoms with van der Waals surface area (Å²) in [7, 11) is 0. The molecule has 0 saturated heterocycles. The first-order chi connectivity index (χ1) is 6.83. The molecule has 0 unspecified atom stereocenters. The molecule has 78 valence electrons. The van der Waals surface area contributed by atoms with Crippen molar-refractivity contribution in [2.24, 2.45) is 5.73 Å². The molecule has 0 amide bonds. The number of rotatable bonds is 6. The van der Waals surface area contributed by atoms with Crippen molar-refractivity contribution in [1.29, 1.82) is 0 Å². The minimum absolute atomic E-state index is 0.327. The van der Waals surface area contributed by atoms with Crippen LogP contribution in [0.3, 0.4) is 0 Å². The van der Waals surface area contributed by atoms with E-state index in [2.05, 4.69) is 30.5 Å². The van der Waals surface area contributed by atoms with Crippen molar-refractivity contribution in [3.63, 3.8) is 0 Å². The zero-order valence-electron chi connectivity index (χ0n) is 8.48. The zero-order chi connectivity index (χ0) is 10.2. The van der Waals surface area contributed by atoms with Gasteiger partial charge in [0.25, 0.3) is 0 Å². The molecule has 0 radical (unpaired) electrons. The molecule has 1 atom stereocenters. The summed E-state index contributed by atoms with van der Waals surface area (Å²) in [6, 6.07) is 10.8. The lowest BCUT2D eigenvalue weighted by atomic mass is 10.3. The SMILES string of the molecule is CSCC[C@H](N)CSc1ccccc1. The van der Waals surface area contributed by atoms with Crippen molar-refractivity contribution in [3.8, 4) is 0 Å². The molecule has 1 aromatic rings. The number of benzene rings is 1. The van der Waals surface area contributed by atoms with E-state index in [1.54, 1.807) is 0 Å². The predicted octanol–water partition coefficient (Wildman–Crippen LogP) is 2.86. The largest absolute Gasteiger partial charge is 0.327 e. The van der Waals surface area contributed by atoms with Crippen molar-refractivity contribution in [1.82, 2.24) is 0 Å². The van der Waals surface area contributed by atoms with Gasteiger partial charge in [-0.15, -0.1) is 11.8 Å². The molecule has 1 nitrogen and oxygen atoms in total. The summed E-state index contributed by atoms with van der Waals surface area (Å²) in [6.45, 7) is 0. The maximum atomic E-state index is 5.97. The second-order valence-electron chi connectivity index (χ2n) is 3.17. The topological polar surface area (TPSA) is 26.0 Å². The van der Waals surface area contributed by atoms with Gasteiger partial charge in [0.15, 0.2) is 0 Å². The molecule has 0 fully saturated rings. The van der Waals surface area contributed by atoms with E-state index < -0.39 is 0 Å². The fourth-order valence-corrected chi connectivity index (χ4v) is 2.53. The molecule has 0 aromatic heterocycles. The van der Waals surface area contributed by atoms with Gasteiger partial charge < -0.3 is 5.73 Å². The van der Waals surface area contributed by atoms with E-state index in [0.717, 1.165) is 17.9 Å². The van der Waals surface area contributed by atoms with Crippen LogP contribution < -0.4 is 5.73 Å². The summed E-state index contributed by atoms with van der Waals surface area (Å²) in [5.74, 6) is 2.18. The monoisotopic (exact) mass is 227 g/mol. The Bertz CT molecular complexity index is 238. The minimum Gasteiger partial charge on any atom is -0.327 e. The van der Waals surface area contributed by atoms with Gasteiger partial charge >= 0.3 is 0 Å². The van der Waals surface area contributed by atoms with Crippen LogP contribution in [0.1, 0.15) is 6.42 Å².